The van der Waals surface area contributed by atoms with Gasteiger partial charge in [-0.25, -0.2) is 0 Å². The van der Waals surface area contributed by atoms with Crippen LogP contribution in [0.15, 0.2) is 12.1 Å². The molecule has 0 aliphatic rings. The Morgan fingerprint density at radius 3 is 2.06 bits per heavy atom. The van der Waals surface area contributed by atoms with Gasteiger partial charge in [0, 0.05) is 17.5 Å². The molecule has 0 aliphatic heterocycles. The van der Waals surface area contributed by atoms with Crippen LogP contribution in [0.25, 0.3) is 0 Å². The van der Waals surface area contributed by atoms with Gasteiger partial charge in [-0.15, -0.1) is 0 Å². The lowest BCUT2D eigenvalue weighted by Crippen LogP contribution is -2.35. The summed E-state index contributed by atoms with van der Waals surface area (Å²) in [4.78, 5) is 12.6. The van der Waals surface area contributed by atoms with Crippen molar-refractivity contribution in [2.45, 2.75) is 34.6 Å². The smallest absolute Gasteiger partial charge is 0.170 e. The van der Waals surface area contributed by atoms with E-state index in [-0.39, 0.29) is 11.2 Å². The highest BCUT2D eigenvalue weighted by atomic mass is 16.1. The van der Waals surface area contributed by atoms with Crippen LogP contribution in [-0.2, 0) is 0 Å². The van der Waals surface area contributed by atoms with Gasteiger partial charge in [-0.3, -0.25) is 4.79 Å². The lowest BCUT2D eigenvalue weighted by Gasteiger charge is -2.24. The van der Waals surface area contributed by atoms with E-state index in [1.54, 1.807) is 0 Å². The summed E-state index contributed by atoms with van der Waals surface area (Å²) in [6.07, 6.45) is 0. The van der Waals surface area contributed by atoms with Crippen LogP contribution < -0.4 is 5.32 Å². The molecular weight excluding hydrogens is 210 g/mol. The van der Waals surface area contributed by atoms with E-state index in [0.29, 0.717) is 6.54 Å². The molecule has 0 fully saturated rings. The summed E-state index contributed by atoms with van der Waals surface area (Å²) in [5, 5.41) is 3.09. The molecule has 2 nitrogen and oxygen atoms in total. The molecule has 0 aromatic heterocycles. The lowest BCUT2D eigenvalue weighted by atomic mass is 9.81. The first kappa shape index (κ1) is 13.9. The Morgan fingerprint density at radius 1 is 1.18 bits per heavy atom. The number of rotatable bonds is 4. The minimum Gasteiger partial charge on any atom is -0.319 e. The average Bonchev–Trinajstić information content (AvgIpc) is 2.15. The van der Waals surface area contributed by atoms with E-state index in [1.807, 2.05) is 34.7 Å². The molecule has 0 amide bonds. The van der Waals surface area contributed by atoms with Crippen LogP contribution >= 0.6 is 0 Å². The number of carbonyl (C=O) groups is 1. The molecule has 94 valence electrons. The van der Waals surface area contributed by atoms with Crippen LogP contribution in [0.2, 0.25) is 0 Å². The van der Waals surface area contributed by atoms with Crippen LogP contribution in [0.3, 0.4) is 0 Å². The fourth-order valence-corrected chi connectivity index (χ4v) is 2.40. The second-order valence-corrected chi connectivity index (χ2v) is 5.52. The van der Waals surface area contributed by atoms with Crippen LogP contribution in [0.5, 0.6) is 0 Å². The van der Waals surface area contributed by atoms with Gasteiger partial charge in [0.1, 0.15) is 0 Å². The van der Waals surface area contributed by atoms with Gasteiger partial charge < -0.3 is 5.32 Å². The van der Waals surface area contributed by atoms with Crippen molar-refractivity contribution in [2.24, 2.45) is 5.41 Å². The quantitative estimate of drug-likeness (QED) is 0.810. The van der Waals surface area contributed by atoms with Gasteiger partial charge >= 0.3 is 0 Å². The number of hydrogen-bond acceptors (Lipinski definition) is 2. The predicted molar refractivity (Wildman–Crippen MR) is 72.7 cm³/mol. The van der Waals surface area contributed by atoms with Crippen molar-refractivity contribution in [2.75, 3.05) is 13.6 Å². The third-order valence-electron chi connectivity index (χ3n) is 3.14. The highest BCUT2D eigenvalue weighted by molar-refractivity contribution is 6.02. The van der Waals surface area contributed by atoms with Crippen molar-refractivity contribution < 1.29 is 4.79 Å². The predicted octanol–water partition coefficient (Wildman–Crippen LogP) is 3.04. The Morgan fingerprint density at radius 2 is 1.65 bits per heavy atom. The number of benzene rings is 1. The molecule has 0 atom stereocenters. The first-order valence-corrected chi connectivity index (χ1v) is 6.07. The van der Waals surface area contributed by atoms with E-state index in [9.17, 15) is 4.79 Å². The number of nitrogens with one attached hydrogen (secondary N) is 1. The molecule has 2 heteroatoms. The van der Waals surface area contributed by atoms with Crippen LogP contribution in [-0.4, -0.2) is 19.4 Å². The summed E-state index contributed by atoms with van der Waals surface area (Å²) in [5.74, 6) is 0.224. The minimum absolute atomic E-state index is 0.224. The van der Waals surface area contributed by atoms with Gasteiger partial charge in [0.2, 0.25) is 0 Å². The Bertz CT molecular complexity index is 410. The SMILES string of the molecule is CNCC(C)(C)C(=O)c1c(C)cc(C)cc1C. The maximum absolute atomic E-state index is 12.6. The maximum Gasteiger partial charge on any atom is 0.170 e. The first-order chi connectivity index (χ1) is 7.79. The Labute approximate surface area is 104 Å². The van der Waals surface area contributed by atoms with E-state index in [1.165, 1.54) is 5.56 Å². The van der Waals surface area contributed by atoms with Crippen molar-refractivity contribution in [1.29, 1.82) is 0 Å². The molecule has 0 aliphatic carbocycles. The van der Waals surface area contributed by atoms with Crippen LogP contribution in [0.1, 0.15) is 40.9 Å². The van der Waals surface area contributed by atoms with E-state index in [2.05, 4.69) is 24.4 Å². The molecule has 0 saturated heterocycles. The van der Waals surface area contributed by atoms with Crippen LogP contribution in [0, 0.1) is 26.2 Å². The number of hydrogen-bond donors (Lipinski definition) is 1. The van der Waals surface area contributed by atoms with Gasteiger partial charge in [-0.05, 0) is 38.9 Å². The van der Waals surface area contributed by atoms with Crippen molar-refractivity contribution in [3.8, 4) is 0 Å². The summed E-state index contributed by atoms with van der Waals surface area (Å²) >= 11 is 0. The highest BCUT2D eigenvalue weighted by Gasteiger charge is 2.29. The normalized spacial score (nSPS) is 11.6. The molecule has 0 heterocycles. The zero-order valence-electron chi connectivity index (χ0n) is 11.8. The van der Waals surface area contributed by atoms with Gasteiger partial charge in [0.25, 0.3) is 0 Å². The summed E-state index contributed by atoms with van der Waals surface area (Å²) in [7, 11) is 1.88. The third kappa shape index (κ3) is 2.95. The Kier molecular flexibility index (Phi) is 4.10. The Balaban J connectivity index is 3.21. The number of carbonyl (C=O) groups excluding carboxylic acids is 1. The van der Waals surface area contributed by atoms with Crippen molar-refractivity contribution in [1.82, 2.24) is 5.32 Å². The maximum atomic E-state index is 12.6. The highest BCUT2D eigenvalue weighted by Crippen LogP contribution is 2.26. The van der Waals surface area contributed by atoms with Crippen molar-refractivity contribution in [3.05, 3.63) is 34.4 Å². The van der Waals surface area contributed by atoms with Gasteiger partial charge in [0.15, 0.2) is 5.78 Å². The van der Waals surface area contributed by atoms with E-state index < -0.39 is 0 Å². The van der Waals surface area contributed by atoms with Crippen molar-refractivity contribution >= 4 is 5.78 Å². The number of ketones is 1. The second-order valence-electron chi connectivity index (χ2n) is 5.52. The third-order valence-corrected chi connectivity index (χ3v) is 3.14. The molecule has 17 heavy (non-hydrogen) atoms. The molecule has 1 aromatic rings. The zero-order chi connectivity index (χ0) is 13.2. The Hall–Kier alpha value is -1.15. The number of Topliss-reactive ketones (excluding diaryl/α,β-unsaturated/α-hetero) is 1. The molecule has 0 radical (unpaired) electrons. The minimum atomic E-state index is -0.362. The molecule has 0 spiro atoms. The largest absolute Gasteiger partial charge is 0.319 e. The van der Waals surface area contributed by atoms with E-state index in [0.717, 1.165) is 16.7 Å². The number of aryl methyl sites for hydroxylation is 3. The molecule has 0 unspecified atom stereocenters. The summed E-state index contributed by atoms with van der Waals surface area (Å²) in [6.45, 7) is 10.8. The monoisotopic (exact) mass is 233 g/mol. The lowest BCUT2D eigenvalue weighted by molar-refractivity contribution is 0.0838. The molecule has 1 rings (SSSR count). The van der Waals surface area contributed by atoms with Gasteiger partial charge in [-0.1, -0.05) is 31.5 Å². The standard InChI is InChI=1S/C15H23NO/c1-10-7-11(2)13(12(3)8-10)14(17)15(4,5)9-16-6/h7-8,16H,9H2,1-6H3. The summed E-state index contributed by atoms with van der Waals surface area (Å²) in [5.41, 5.74) is 3.90. The van der Waals surface area contributed by atoms with E-state index in [4.69, 9.17) is 0 Å². The summed E-state index contributed by atoms with van der Waals surface area (Å²) in [6, 6.07) is 4.16. The molecular formula is C15H23NO. The molecule has 0 bridgehead atoms. The fourth-order valence-electron chi connectivity index (χ4n) is 2.40. The fraction of sp³-hybridized carbons (Fsp3) is 0.533. The topological polar surface area (TPSA) is 29.1 Å². The summed E-state index contributed by atoms with van der Waals surface area (Å²) < 4.78 is 0. The van der Waals surface area contributed by atoms with Gasteiger partial charge in [-0.2, -0.15) is 0 Å². The average molecular weight is 233 g/mol. The first-order valence-electron chi connectivity index (χ1n) is 6.07. The second kappa shape index (κ2) is 5.01. The molecule has 1 aromatic carbocycles. The molecule has 0 saturated carbocycles. The molecule has 1 N–H and O–H groups in total. The van der Waals surface area contributed by atoms with Gasteiger partial charge in [0.05, 0.1) is 0 Å². The zero-order valence-corrected chi connectivity index (χ0v) is 11.8. The van der Waals surface area contributed by atoms with E-state index >= 15 is 0 Å². The van der Waals surface area contributed by atoms with Crippen LogP contribution in [0.4, 0.5) is 0 Å². The van der Waals surface area contributed by atoms with Crippen molar-refractivity contribution in [3.63, 3.8) is 0 Å².